The second kappa shape index (κ2) is 6.66. The molecule has 0 saturated carbocycles. The van der Waals surface area contributed by atoms with Crippen molar-refractivity contribution in [3.8, 4) is 0 Å². The van der Waals surface area contributed by atoms with Crippen molar-refractivity contribution >= 4 is 28.6 Å². The molecule has 2 aromatic heterocycles. The van der Waals surface area contributed by atoms with Crippen LogP contribution in [0.5, 0.6) is 0 Å². The number of carbonyl (C=O) groups excluding carboxylic acids is 1. The van der Waals surface area contributed by atoms with Gasteiger partial charge in [-0.15, -0.1) is 10.2 Å². The maximum Gasteiger partial charge on any atom is 0.349 e. The van der Waals surface area contributed by atoms with Crippen molar-refractivity contribution in [3.05, 3.63) is 52.6 Å². The van der Waals surface area contributed by atoms with E-state index in [1.54, 1.807) is 35.2 Å². The van der Waals surface area contributed by atoms with Crippen LogP contribution in [0.25, 0.3) is 11.0 Å². The van der Waals surface area contributed by atoms with E-state index < -0.39 is 11.5 Å². The molecule has 0 fully saturated rings. The Morgan fingerprint density at radius 2 is 2.22 bits per heavy atom. The number of aryl methyl sites for hydroxylation is 1. The molecule has 0 saturated heterocycles. The van der Waals surface area contributed by atoms with Gasteiger partial charge in [-0.05, 0) is 12.1 Å². The summed E-state index contributed by atoms with van der Waals surface area (Å²) in [5.41, 5.74) is -0.165. The van der Waals surface area contributed by atoms with Gasteiger partial charge >= 0.3 is 5.63 Å². The highest BCUT2D eigenvalue weighted by atomic mass is 32.2. The zero-order valence-electron chi connectivity index (χ0n) is 12.4. The smallest absolute Gasteiger partial charge is 0.349 e. The Morgan fingerprint density at radius 1 is 1.39 bits per heavy atom. The summed E-state index contributed by atoms with van der Waals surface area (Å²) in [4.78, 5) is 24.0. The molecule has 0 aliphatic heterocycles. The van der Waals surface area contributed by atoms with Gasteiger partial charge in [-0.25, -0.2) is 4.79 Å². The fraction of sp³-hybridized carbons (Fsp3) is 0.200. The van der Waals surface area contributed by atoms with Crippen LogP contribution < -0.4 is 10.9 Å². The number of para-hydroxylation sites is 1. The number of amides is 1. The van der Waals surface area contributed by atoms with Crippen LogP contribution >= 0.6 is 11.8 Å². The Kier molecular flexibility index (Phi) is 4.42. The molecule has 23 heavy (non-hydrogen) atoms. The van der Waals surface area contributed by atoms with Gasteiger partial charge in [0.05, 0.1) is 0 Å². The van der Waals surface area contributed by atoms with E-state index in [0.29, 0.717) is 23.3 Å². The highest BCUT2D eigenvalue weighted by Crippen LogP contribution is 2.13. The van der Waals surface area contributed by atoms with Crippen molar-refractivity contribution in [3.63, 3.8) is 0 Å². The lowest BCUT2D eigenvalue weighted by molar-refractivity contribution is 0.0952. The minimum absolute atomic E-state index is 0.00681. The van der Waals surface area contributed by atoms with E-state index in [9.17, 15) is 9.59 Å². The van der Waals surface area contributed by atoms with Gasteiger partial charge in [-0.3, -0.25) is 4.79 Å². The van der Waals surface area contributed by atoms with Crippen LogP contribution in [0.4, 0.5) is 0 Å². The summed E-state index contributed by atoms with van der Waals surface area (Å²) in [6, 6.07) is 8.62. The first-order valence-corrected chi connectivity index (χ1v) is 7.91. The maximum absolute atomic E-state index is 12.1. The minimum atomic E-state index is -0.637. The number of aromatic nitrogens is 3. The van der Waals surface area contributed by atoms with Crippen LogP contribution in [0.15, 0.2) is 51.0 Å². The fourth-order valence-corrected chi connectivity index (χ4v) is 2.77. The average Bonchev–Trinajstić information content (AvgIpc) is 2.96. The molecule has 7 nitrogen and oxygen atoms in total. The van der Waals surface area contributed by atoms with E-state index in [2.05, 4.69) is 15.5 Å². The molecule has 3 rings (SSSR count). The number of nitrogens with zero attached hydrogens (tertiary/aromatic N) is 3. The quantitative estimate of drug-likeness (QED) is 0.432. The summed E-state index contributed by atoms with van der Waals surface area (Å²) in [5.74, 6) is 0.181. The molecule has 1 aromatic carbocycles. The highest BCUT2D eigenvalue weighted by Gasteiger charge is 2.13. The van der Waals surface area contributed by atoms with Crippen LogP contribution in [0.3, 0.4) is 0 Å². The normalized spacial score (nSPS) is 10.8. The van der Waals surface area contributed by atoms with Gasteiger partial charge in [0.2, 0.25) is 0 Å². The number of rotatable bonds is 5. The SMILES string of the molecule is Cn1cnnc1SCCNC(=O)c1cc2ccccc2oc1=O. The third kappa shape index (κ3) is 3.42. The van der Waals surface area contributed by atoms with E-state index in [1.807, 2.05) is 13.1 Å². The number of nitrogens with one attached hydrogen (secondary N) is 1. The molecule has 118 valence electrons. The Balaban J connectivity index is 1.63. The van der Waals surface area contributed by atoms with Crippen molar-refractivity contribution in [2.24, 2.45) is 7.05 Å². The fourth-order valence-electron chi connectivity index (χ4n) is 2.03. The molecule has 1 N–H and O–H groups in total. The first-order chi connectivity index (χ1) is 11.1. The molecule has 2 heterocycles. The van der Waals surface area contributed by atoms with Gasteiger partial charge in [0.25, 0.3) is 5.91 Å². The third-order valence-corrected chi connectivity index (χ3v) is 4.21. The molecule has 0 aliphatic rings. The van der Waals surface area contributed by atoms with Gasteiger partial charge in [0, 0.05) is 24.7 Å². The summed E-state index contributed by atoms with van der Waals surface area (Å²) < 4.78 is 6.95. The largest absolute Gasteiger partial charge is 0.422 e. The molecule has 0 unspecified atom stereocenters. The average molecular weight is 330 g/mol. The second-order valence-electron chi connectivity index (χ2n) is 4.81. The molecule has 0 atom stereocenters. The van der Waals surface area contributed by atoms with E-state index in [4.69, 9.17) is 4.42 Å². The van der Waals surface area contributed by atoms with Crippen molar-refractivity contribution in [1.29, 1.82) is 0 Å². The number of benzene rings is 1. The van der Waals surface area contributed by atoms with E-state index >= 15 is 0 Å². The van der Waals surface area contributed by atoms with Gasteiger partial charge < -0.3 is 14.3 Å². The van der Waals surface area contributed by atoms with Crippen LogP contribution in [-0.4, -0.2) is 33.0 Å². The topological polar surface area (TPSA) is 90.0 Å². The highest BCUT2D eigenvalue weighted by molar-refractivity contribution is 7.99. The second-order valence-corrected chi connectivity index (χ2v) is 5.88. The van der Waals surface area contributed by atoms with Crippen LogP contribution in [0.1, 0.15) is 10.4 Å². The van der Waals surface area contributed by atoms with Crippen LogP contribution in [0, 0.1) is 0 Å². The van der Waals surface area contributed by atoms with Gasteiger partial charge in [-0.1, -0.05) is 30.0 Å². The Hall–Kier alpha value is -2.61. The summed E-state index contributed by atoms with van der Waals surface area (Å²) >= 11 is 1.47. The lowest BCUT2D eigenvalue weighted by Gasteiger charge is -2.05. The third-order valence-electron chi connectivity index (χ3n) is 3.17. The molecular weight excluding hydrogens is 316 g/mol. The number of thioether (sulfide) groups is 1. The number of fused-ring (bicyclic) bond motifs is 1. The minimum Gasteiger partial charge on any atom is -0.422 e. The van der Waals surface area contributed by atoms with E-state index in [0.717, 1.165) is 5.16 Å². The molecule has 3 aromatic rings. The molecule has 0 bridgehead atoms. The van der Waals surface area contributed by atoms with Crippen LogP contribution in [-0.2, 0) is 7.05 Å². The number of hydrogen-bond donors (Lipinski definition) is 1. The van der Waals surface area contributed by atoms with Crippen molar-refractivity contribution in [1.82, 2.24) is 20.1 Å². The van der Waals surface area contributed by atoms with E-state index in [1.165, 1.54) is 11.8 Å². The summed E-state index contributed by atoms with van der Waals surface area (Å²) in [6.07, 6.45) is 1.61. The van der Waals surface area contributed by atoms with Crippen molar-refractivity contribution in [2.45, 2.75) is 5.16 Å². The lowest BCUT2D eigenvalue weighted by Crippen LogP contribution is -2.30. The molecule has 0 aliphatic carbocycles. The molecule has 8 heteroatoms. The Morgan fingerprint density at radius 3 is 3.00 bits per heavy atom. The lowest BCUT2D eigenvalue weighted by atomic mass is 10.2. The van der Waals surface area contributed by atoms with Gasteiger partial charge in [0.1, 0.15) is 17.5 Å². The molecular formula is C15H14N4O3S. The van der Waals surface area contributed by atoms with Crippen molar-refractivity contribution in [2.75, 3.05) is 12.3 Å². The van der Waals surface area contributed by atoms with E-state index in [-0.39, 0.29) is 5.56 Å². The first kappa shape index (κ1) is 15.3. The molecule has 0 spiro atoms. The molecule has 0 radical (unpaired) electrons. The number of hydrogen-bond acceptors (Lipinski definition) is 6. The summed E-state index contributed by atoms with van der Waals surface area (Å²) in [6.45, 7) is 0.405. The monoisotopic (exact) mass is 330 g/mol. The Bertz CT molecular complexity index is 903. The zero-order valence-corrected chi connectivity index (χ0v) is 13.2. The standard InChI is InChI=1S/C15H14N4O3S/c1-19-9-17-18-15(19)23-7-6-16-13(20)11-8-10-4-2-3-5-12(10)22-14(11)21/h2-5,8-9H,6-7H2,1H3,(H,16,20). The first-order valence-electron chi connectivity index (χ1n) is 6.93. The van der Waals surface area contributed by atoms with Crippen molar-refractivity contribution < 1.29 is 9.21 Å². The number of carbonyl (C=O) groups is 1. The van der Waals surface area contributed by atoms with Gasteiger partial charge in [-0.2, -0.15) is 0 Å². The summed E-state index contributed by atoms with van der Waals surface area (Å²) in [7, 11) is 1.85. The van der Waals surface area contributed by atoms with Gasteiger partial charge in [0.15, 0.2) is 5.16 Å². The molecule has 1 amide bonds. The van der Waals surface area contributed by atoms with Crippen LogP contribution in [0.2, 0.25) is 0 Å². The predicted molar refractivity (Wildman–Crippen MR) is 86.5 cm³/mol. The zero-order chi connectivity index (χ0) is 16.2. The predicted octanol–water partition coefficient (Wildman–Crippen LogP) is 1.44. The summed E-state index contributed by atoms with van der Waals surface area (Å²) in [5, 5.41) is 11.9. The maximum atomic E-state index is 12.1. The Labute approximate surface area is 135 Å².